The summed E-state index contributed by atoms with van der Waals surface area (Å²) >= 11 is 2.76. The number of aromatic carboxylic acids is 1. The first-order valence-corrected chi connectivity index (χ1v) is 18.8. The van der Waals surface area contributed by atoms with E-state index < -0.39 is 63.4 Å². The highest BCUT2D eigenvalue weighted by Gasteiger charge is 2.37. The fourth-order valence-corrected chi connectivity index (χ4v) is 6.78. The van der Waals surface area contributed by atoms with Crippen molar-refractivity contribution in [2.24, 2.45) is 0 Å². The van der Waals surface area contributed by atoms with Crippen molar-refractivity contribution in [3.63, 3.8) is 0 Å². The molecule has 61 heavy (non-hydrogen) atoms. The van der Waals surface area contributed by atoms with Gasteiger partial charge in [0.2, 0.25) is 0 Å². The van der Waals surface area contributed by atoms with E-state index in [0.717, 1.165) is 46.4 Å². The number of halogens is 6. The van der Waals surface area contributed by atoms with Gasteiger partial charge in [0.1, 0.15) is 17.1 Å². The monoisotopic (exact) mass is 880 g/mol. The molecule has 0 aliphatic heterocycles. The van der Waals surface area contributed by atoms with E-state index in [1.165, 1.54) is 71.2 Å². The van der Waals surface area contributed by atoms with Crippen molar-refractivity contribution in [1.29, 1.82) is 0 Å². The Kier molecular flexibility index (Phi) is 12.5. The van der Waals surface area contributed by atoms with Crippen molar-refractivity contribution in [2.75, 3.05) is 11.1 Å². The average Bonchev–Trinajstić information content (AvgIpc) is 3.81. The second-order valence-electron chi connectivity index (χ2n) is 12.5. The number of carbonyl (C=O) groups excluding carboxylic acids is 1. The summed E-state index contributed by atoms with van der Waals surface area (Å²) in [6, 6.07) is 14.9. The molecule has 0 spiro atoms. The second kappa shape index (κ2) is 17.5. The largest absolute Gasteiger partial charge is 0.478 e. The van der Waals surface area contributed by atoms with Gasteiger partial charge in [0, 0.05) is 57.8 Å². The number of amides is 1. The molecule has 0 unspecified atom stereocenters. The van der Waals surface area contributed by atoms with Crippen LogP contribution >= 0.6 is 22.7 Å². The molecule has 0 aliphatic carbocycles. The van der Waals surface area contributed by atoms with Crippen LogP contribution in [0.5, 0.6) is 0 Å². The maximum atomic E-state index is 13.3. The van der Waals surface area contributed by atoms with E-state index in [4.69, 9.17) is 19.7 Å². The van der Waals surface area contributed by atoms with Gasteiger partial charge in [0.15, 0.2) is 43.7 Å². The van der Waals surface area contributed by atoms with E-state index in [-0.39, 0.29) is 38.8 Å². The maximum Gasteiger partial charge on any atom is 0.434 e. The molecule has 0 atom stereocenters. The summed E-state index contributed by atoms with van der Waals surface area (Å²) in [6.07, 6.45) is -4.18. The summed E-state index contributed by atoms with van der Waals surface area (Å²) in [4.78, 5) is 65.3. The molecule has 21 heteroatoms. The Bertz CT molecular complexity index is 3030. The van der Waals surface area contributed by atoms with E-state index in [1.807, 2.05) is 13.8 Å². The summed E-state index contributed by atoms with van der Waals surface area (Å²) in [5.41, 5.74) is 0.0861. The molecule has 0 bridgehead atoms. The van der Waals surface area contributed by atoms with Crippen molar-refractivity contribution in [2.45, 2.75) is 26.2 Å². The van der Waals surface area contributed by atoms with Crippen LogP contribution in [0.4, 0.5) is 36.6 Å². The molecule has 312 valence electrons. The topological polar surface area (TPSA) is 204 Å². The van der Waals surface area contributed by atoms with Gasteiger partial charge in [-0.05, 0) is 62.4 Å². The molecule has 6 heterocycles. The van der Waals surface area contributed by atoms with Crippen molar-refractivity contribution < 1.29 is 49.9 Å². The van der Waals surface area contributed by atoms with Gasteiger partial charge < -0.3 is 19.7 Å². The lowest BCUT2D eigenvalue weighted by atomic mass is 10.1. The fourth-order valence-electron chi connectivity index (χ4n) is 5.58. The number of alkyl halides is 6. The molecule has 0 fully saturated rings. The number of hydrogen-bond donors (Lipinski definition) is 3. The molecule has 0 saturated heterocycles. The standard InChI is InChI=1S/C20H12F3N3O3S.C16H8F3NO4.C4H6N2S/c1-10-9-25-19(30-10)26-18(28)13-5-2-4-11-14(27)8-15(29-16(11)13)12-6-3-7-24-17(12)20(21,22)23;17-16(18,19)14-9(5-2-6-20-14)12-7-11(21)8-3-1-4-10(15(22)23)13(8)24-12;1-3-2-6-4(5)7-3/h2-9H,1H3,(H,25,26,28);1-7H,(H,22,23);2H,1H3,(H2,5,6). The van der Waals surface area contributed by atoms with Gasteiger partial charge in [0.05, 0.1) is 16.3 Å². The summed E-state index contributed by atoms with van der Waals surface area (Å²) < 4.78 is 90.3. The third-order valence-electron chi connectivity index (χ3n) is 8.15. The number of nitrogens with zero attached hydrogens (tertiary/aromatic N) is 4. The lowest BCUT2D eigenvalue weighted by Crippen LogP contribution is -2.14. The number of nitrogen functional groups attached to an aromatic ring is 1. The normalized spacial score (nSPS) is 11.3. The third kappa shape index (κ3) is 9.96. The minimum atomic E-state index is -4.75. The van der Waals surface area contributed by atoms with Crippen LogP contribution in [0.15, 0.2) is 116 Å². The van der Waals surface area contributed by atoms with E-state index in [9.17, 15) is 45.5 Å². The molecule has 1 amide bonds. The number of nitrogens with two attached hydrogens (primary N) is 1. The van der Waals surface area contributed by atoms with Crippen molar-refractivity contribution >= 4 is 66.8 Å². The Morgan fingerprint density at radius 3 is 1.56 bits per heavy atom. The zero-order valence-electron chi connectivity index (χ0n) is 31.1. The summed E-state index contributed by atoms with van der Waals surface area (Å²) in [5.74, 6) is -2.69. The number of para-hydroxylation sites is 2. The quantitative estimate of drug-likeness (QED) is 0.138. The van der Waals surface area contributed by atoms with Gasteiger partial charge in [-0.3, -0.25) is 29.7 Å². The molecule has 6 aromatic heterocycles. The van der Waals surface area contributed by atoms with Gasteiger partial charge in [-0.25, -0.2) is 14.8 Å². The highest BCUT2D eigenvalue weighted by Crippen LogP contribution is 2.37. The molecule has 2 aromatic carbocycles. The van der Waals surface area contributed by atoms with E-state index in [1.54, 1.807) is 12.4 Å². The first-order chi connectivity index (χ1) is 28.8. The number of carboxylic acids is 1. The first-order valence-electron chi connectivity index (χ1n) is 17.2. The number of carbonyl (C=O) groups is 2. The summed E-state index contributed by atoms with van der Waals surface area (Å²) in [7, 11) is 0. The zero-order valence-corrected chi connectivity index (χ0v) is 32.7. The number of benzene rings is 2. The minimum Gasteiger partial charge on any atom is -0.478 e. The molecule has 13 nitrogen and oxygen atoms in total. The number of pyridine rings is 2. The number of carboxylic acid groups (broad SMARTS) is 1. The predicted octanol–water partition coefficient (Wildman–Crippen LogP) is 9.50. The van der Waals surface area contributed by atoms with Gasteiger partial charge in [0.25, 0.3) is 5.91 Å². The highest BCUT2D eigenvalue weighted by molar-refractivity contribution is 7.15. The number of aromatic nitrogens is 4. The average molecular weight is 881 g/mol. The van der Waals surface area contributed by atoms with Crippen LogP contribution in [0.1, 0.15) is 41.9 Å². The predicted molar refractivity (Wildman–Crippen MR) is 214 cm³/mol. The third-order valence-corrected chi connectivity index (χ3v) is 9.72. The summed E-state index contributed by atoms with van der Waals surface area (Å²) in [6.45, 7) is 3.80. The Morgan fingerprint density at radius 1 is 0.672 bits per heavy atom. The molecule has 0 radical (unpaired) electrons. The van der Waals surface area contributed by atoms with Gasteiger partial charge in [-0.15, -0.1) is 22.7 Å². The fraction of sp³-hybridized carbons (Fsp3) is 0.100. The molecule has 0 saturated carbocycles. The first kappa shape index (κ1) is 43.3. The molecule has 8 rings (SSSR count). The number of rotatable bonds is 5. The number of nitrogens with one attached hydrogen (secondary N) is 1. The van der Waals surface area contributed by atoms with Crippen molar-refractivity contribution in [3.8, 4) is 22.6 Å². The van der Waals surface area contributed by atoms with E-state index >= 15 is 0 Å². The van der Waals surface area contributed by atoms with E-state index in [2.05, 4.69) is 25.3 Å². The van der Waals surface area contributed by atoms with Crippen LogP contribution < -0.4 is 21.9 Å². The lowest BCUT2D eigenvalue weighted by molar-refractivity contribution is -0.141. The Morgan fingerprint density at radius 2 is 1.15 bits per heavy atom. The smallest absolute Gasteiger partial charge is 0.434 e. The zero-order chi connectivity index (χ0) is 44.2. The van der Waals surface area contributed by atoms with Gasteiger partial charge in [-0.2, -0.15) is 26.3 Å². The number of hydrogen-bond acceptors (Lipinski definition) is 13. The van der Waals surface area contributed by atoms with Crippen LogP contribution in [-0.2, 0) is 12.4 Å². The molecular weight excluding hydrogens is 855 g/mol. The van der Waals surface area contributed by atoms with E-state index in [0.29, 0.717) is 10.3 Å². The van der Waals surface area contributed by atoms with Crippen LogP contribution in [-0.4, -0.2) is 36.9 Å². The van der Waals surface area contributed by atoms with Gasteiger partial charge in [-0.1, -0.05) is 12.1 Å². The van der Waals surface area contributed by atoms with Gasteiger partial charge >= 0.3 is 18.3 Å². The van der Waals surface area contributed by atoms with Crippen LogP contribution in [0.25, 0.3) is 44.6 Å². The Balaban J connectivity index is 0.000000179. The molecule has 0 aliphatic rings. The second-order valence-corrected chi connectivity index (χ2v) is 15.0. The van der Waals surface area contributed by atoms with Crippen molar-refractivity contribution in [3.05, 3.63) is 150 Å². The minimum absolute atomic E-state index is 0.00301. The lowest BCUT2D eigenvalue weighted by Gasteiger charge is -2.12. The Labute approximate surface area is 345 Å². The summed E-state index contributed by atoms with van der Waals surface area (Å²) in [5, 5.41) is 12.8. The van der Waals surface area contributed by atoms with Crippen LogP contribution in [0.2, 0.25) is 0 Å². The van der Waals surface area contributed by atoms with Crippen molar-refractivity contribution in [1.82, 2.24) is 19.9 Å². The number of fused-ring (bicyclic) bond motifs is 2. The number of anilines is 2. The van der Waals surface area contributed by atoms with Crippen LogP contribution in [0.3, 0.4) is 0 Å². The number of aryl methyl sites for hydroxylation is 2. The molecule has 4 N–H and O–H groups in total. The van der Waals surface area contributed by atoms with Crippen LogP contribution in [0, 0.1) is 13.8 Å². The maximum absolute atomic E-state index is 13.3. The molecule has 8 aromatic rings. The highest BCUT2D eigenvalue weighted by atomic mass is 32.1. The number of thiazole rings is 2. The SMILES string of the molecule is Cc1cnc(N)s1.Cc1cnc(NC(=O)c2cccc3c(=O)cc(-c4cccnc4C(F)(F)F)oc23)s1.O=C(O)c1cccc2c(=O)cc(-c3cccnc3C(F)(F)F)oc12. The Hall–Kier alpha value is -7.26. The molecular formula is C40H26F6N6O7S2.